The van der Waals surface area contributed by atoms with E-state index in [9.17, 15) is 0 Å². The predicted octanol–water partition coefficient (Wildman–Crippen LogP) is 3.59. The molecule has 1 heterocycles. The summed E-state index contributed by atoms with van der Waals surface area (Å²) in [6, 6.07) is 17.8. The molecule has 1 saturated heterocycles. The van der Waals surface area contributed by atoms with E-state index in [1.807, 2.05) is 11.8 Å². The highest BCUT2D eigenvalue weighted by molar-refractivity contribution is 7.99. The lowest BCUT2D eigenvalue weighted by Gasteiger charge is -2.23. The fourth-order valence-corrected chi connectivity index (χ4v) is 3.91. The highest BCUT2D eigenvalue weighted by atomic mass is 32.2. The minimum atomic E-state index is 0.745. The molecule has 0 radical (unpaired) electrons. The Kier molecular flexibility index (Phi) is 4.44. The summed E-state index contributed by atoms with van der Waals surface area (Å²) in [5.41, 5.74) is 2.87. The third kappa shape index (κ3) is 3.25. The van der Waals surface area contributed by atoms with Gasteiger partial charge in [0.05, 0.1) is 13.1 Å². The van der Waals surface area contributed by atoms with Crippen LogP contribution < -0.4 is 5.32 Å². The summed E-state index contributed by atoms with van der Waals surface area (Å²) in [7, 11) is 0. The van der Waals surface area contributed by atoms with Crippen molar-refractivity contribution in [2.24, 2.45) is 0 Å². The van der Waals surface area contributed by atoms with Gasteiger partial charge in [-0.05, 0) is 36.6 Å². The Balaban J connectivity index is 1.83. The zero-order valence-electron chi connectivity index (χ0n) is 12.0. The van der Waals surface area contributed by atoms with Gasteiger partial charge in [-0.15, -0.1) is 0 Å². The predicted molar refractivity (Wildman–Crippen MR) is 85.4 cm³/mol. The molecule has 0 spiro atoms. The number of hydrogen-bond acceptors (Lipinski definition) is 1. The topological polar surface area (TPSA) is 16.6 Å². The second-order valence-electron chi connectivity index (χ2n) is 5.59. The number of nitrogens with two attached hydrogens (primary N) is 1. The number of aryl methyl sites for hydroxylation is 1. The van der Waals surface area contributed by atoms with Crippen LogP contribution in [0.5, 0.6) is 0 Å². The summed E-state index contributed by atoms with van der Waals surface area (Å²) in [6.07, 6.45) is 2.62. The zero-order valence-corrected chi connectivity index (χ0v) is 12.8. The molecular weight excluding hydrogens is 262 g/mol. The van der Waals surface area contributed by atoms with Gasteiger partial charge in [-0.1, -0.05) is 47.7 Å². The van der Waals surface area contributed by atoms with E-state index < -0.39 is 0 Å². The zero-order chi connectivity index (χ0) is 13.8. The van der Waals surface area contributed by atoms with E-state index in [4.69, 9.17) is 0 Å². The molecule has 1 aliphatic heterocycles. The van der Waals surface area contributed by atoms with Crippen molar-refractivity contribution in [1.82, 2.24) is 0 Å². The first-order chi connectivity index (χ1) is 9.83. The fourth-order valence-electron chi connectivity index (χ4n) is 2.88. The van der Waals surface area contributed by atoms with Crippen LogP contribution >= 0.6 is 11.8 Å². The molecular formula is C18H22NS+. The van der Waals surface area contributed by atoms with Crippen LogP contribution in [0.15, 0.2) is 58.3 Å². The molecule has 1 aliphatic rings. The lowest BCUT2D eigenvalue weighted by Crippen LogP contribution is -2.86. The Labute approximate surface area is 125 Å². The maximum atomic E-state index is 2.44. The first-order valence-corrected chi connectivity index (χ1v) is 8.30. The third-order valence-electron chi connectivity index (χ3n) is 4.05. The smallest absolute Gasteiger partial charge is 0.0761 e. The van der Waals surface area contributed by atoms with Gasteiger partial charge in [0.1, 0.15) is 0 Å². The Bertz CT molecular complexity index is 556. The lowest BCUT2D eigenvalue weighted by molar-refractivity contribution is -0.663. The normalized spacial score (nSPS) is 16.2. The second kappa shape index (κ2) is 6.47. The molecule has 2 aromatic rings. The van der Waals surface area contributed by atoms with Crippen molar-refractivity contribution >= 4 is 11.8 Å². The molecule has 0 atom stereocenters. The number of rotatable bonds is 3. The van der Waals surface area contributed by atoms with Gasteiger partial charge >= 0.3 is 0 Å². The molecule has 0 unspecified atom stereocenters. The van der Waals surface area contributed by atoms with Crippen molar-refractivity contribution in [3.05, 3.63) is 59.7 Å². The first-order valence-electron chi connectivity index (χ1n) is 7.48. The van der Waals surface area contributed by atoms with Crippen molar-refractivity contribution in [2.75, 3.05) is 13.1 Å². The number of quaternary nitrogens is 1. The highest BCUT2D eigenvalue weighted by Crippen LogP contribution is 2.36. The van der Waals surface area contributed by atoms with Crippen molar-refractivity contribution < 1.29 is 5.32 Å². The molecule has 2 heteroatoms. The number of benzene rings is 2. The maximum Gasteiger partial charge on any atom is 0.0761 e. The average molecular weight is 284 g/mol. The van der Waals surface area contributed by atoms with E-state index >= 15 is 0 Å². The molecule has 104 valence electrons. The SMILES string of the molecule is Cc1ccc(Sc2ccccc2C2CC[NH2+]CC2)cc1. The van der Waals surface area contributed by atoms with Gasteiger partial charge in [0, 0.05) is 22.6 Å². The van der Waals surface area contributed by atoms with E-state index in [0.29, 0.717) is 0 Å². The van der Waals surface area contributed by atoms with Crippen LogP contribution in [0.2, 0.25) is 0 Å². The van der Waals surface area contributed by atoms with Gasteiger partial charge in [-0.2, -0.15) is 0 Å². The minimum absolute atomic E-state index is 0.745. The first kappa shape index (κ1) is 13.7. The van der Waals surface area contributed by atoms with Gasteiger partial charge in [-0.25, -0.2) is 0 Å². The maximum absolute atomic E-state index is 2.44. The molecule has 2 N–H and O–H groups in total. The summed E-state index contributed by atoms with van der Waals surface area (Å²) in [5, 5.41) is 2.44. The number of hydrogen-bond donors (Lipinski definition) is 1. The highest BCUT2D eigenvalue weighted by Gasteiger charge is 2.20. The molecule has 0 bridgehead atoms. The molecule has 2 aromatic carbocycles. The summed E-state index contributed by atoms with van der Waals surface area (Å²) >= 11 is 1.91. The molecule has 20 heavy (non-hydrogen) atoms. The van der Waals surface area contributed by atoms with Gasteiger partial charge in [0.15, 0.2) is 0 Å². The van der Waals surface area contributed by atoms with Gasteiger partial charge in [0.25, 0.3) is 0 Å². The minimum Gasteiger partial charge on any atom is -0.346 e. The standard InChI is InChI=1S/C18H21NS/c1-14-6-8-16(9-7-14)20-18-5-3-2-4-17(18)15-10-12-19-13-11-15/h2-9,15,19H,10-13H2,1H3/p+1. The van der Waals surface area contributed by atoms with Crippen LogP contribution in [0.3, 0.4) is 0 Å². The Hall–Kier alpha value is -1.25. The molecule has 0 saturated carbocycles. The molecule has 3 rings (SSSR count). The quantitative estimate of drug-likeness (QED) is 0.911. The third-order valence-corrected chi connectivity index (χ3v) is 5.15. The number of piperidine rings is 1. The monoisotopic (exact) mass is 284 g/mol. The lowest BCUT2D eigenvalue weighted by atomic mass is 9.90. The van der Waals surface area contributed by atoms with E-state index in [0.717, 1.165) is 5.92 Å². The Morgan fingerprint density at radius 1 is 0.950 bits per heavy atom. The van der Waals surface area contributed by atoms with Crippen LogP contribution in [0, 0.1) is 6.92 Å². The van der Waals surface area contributed by atoms with Crippen LogP contribution in [-0.2, 0) is 0 Å². The van der Waals surface area contributed by atoms with Crippen molar-refractivity contribution in [3.63, 3.8) is 0 Å². The molecule has 0 aliphatic carbocycles. The van der Waals surface area contributed by atoms with Gasteiger partial charge in [0.2, 0.25) is 0 Å². The van der Waals surface area contributed by atoms with Crippen LogP contribution in [0.4, 0.5) is 0 Å². The van der Waals surface area contributed by atoms with E-state index in [1.54, 1.807) is 5.56 Å². The largest absolute Gasteiger partial charge is 0.346 e. The second-order valence-corrected chi connectivity index (χ2v) is 6.71. The van der Waals surface area contributed by atoms with Gasteiger partial charge < -0.3 is 5.32 Å². The molecule has 0 aromatic heterocycles. The van der Waals surface area contributed by atoms with E-state index in [2.05, 4.69) is 60.8 Å². The van der Waals surface area contributed by atoms with Crippen molar-refractivity contribution in [2.45, 2.75) is 35.5 Å². The van der Waals surface area contributed by atoms with Crippen molar-refractivity contribution in [1.29, 1.82) is 0 Å². The Morgan fingerprint density at radius 3 is 2.40 bits per heavy atom. The molecule has 1 nitrogen and oxygen atoms in total. The average Bonchev–Trinajstić information content (AvgIpc) is 2.51. The Morgan fingerprint density at radius 2 is 1.65 bits per heavy atom. The van der Waals surface area contributed by atoms with Crippen LogP contribution in [0.1, 0.15) is 29.9 Å². The summed E-state index contributed by atoms with van der Waals surface area (Å²) in [4.78, 5) is 2.77. The van der Waals surface area contributed by atoms with E-state index in [-0.39, 0.29) is 0 Å². The summed E-state index contributed by atoms with van der Waals surface area (Å²) in [6.45, 7) is 4.68. The van der Waals surface area contributed by atoms with Crippen LogP contribution in [-0.4, -0.2) is 13.1 Å². The van der Waals surface area contributed by atoms with Gasteiger partial charge in [-0.3, -0.25) is 0 Å². The summed E-state index contributed by atoms with van der Waals surface area (Å²) in [5.74, 6) is 0.745. The van der Waals surface area contributed by atoms with Crippen LogP contribution in [0.25, 0.3) is 0 Å². The fraction of sp³-hybridized carbons (Fsp3) is 0.333. The molecule has 0 amide bonds. The molecule has 1 fully saturated rings. The van der Waals surface area contributed by atoms with E-state index in [1.165, 1.54) is 41.3 Å². The summed E-state index contributed by atoms with van der Waals surface area (Å²) < 4.78 is 0. The van der Waals surface area contributed by atoms with Crippen molar-refractivity contribution in [3.8, 4) is 0 Å².